The van der Waals surface area contributed by atoms with Crippen LogP contribution in [0.15, 0.2) is 12.1 Å². The van der Waals surface area contributed by atoms with Gasteiger partial charge in [-0.3, -0.25) is 9.69 Å². The van der Waals surface area contributed by atoms with Crippen LogP contribution in [-0.4, -0.2) is 56.5 Å². The maximum absolute atomic E-state index is 12.3. The van der Waals surface area contributed by atoms with Gasteiger partial charge in [-0.1, -0.05) is 11.6 Å². The highest BCUT2D eigenvalue weighted by atomic mass is 35.5. The molecule has 3 rings (SSSR count). The lowest BCUT2D eigenvalue weighted by Crippen LogP contribution is -2.47. The standard InChI is InChI=1S/C15H19ClN2O4/c1-10(18-2-4-20-5-3-18)8-17-15(19)11-6-12(16)14-13(7-11)21-9-22-14/h6-7,10H,2-5,8-9H2,1H3,(H,17,19)/t10-/m1/s1. The Balaban J connectivity index is 1.59. The molecule has 1 fully saturated rings. The van der Waals surface area contributed by atoms with Crippen LogP contribution in [0.25, 0.3) is 0 Å². The van der Waals surface area contributed by atoms with E-state index in [4.69, 9.17) is 25.8 Å². The minimum Gasteiger partial charge on any atom is -0.454 e. The molecule has 0 aliphatic carbocycles. The first-order valence-corrected chi connectivity index (χ1v) is 7.72. The molecule has 0 radical (unpaired) electrons. The molecule has 2 aliphatic rings. The number of hydrogen-bond donors (Lipinski definition) is 1. The molecule has 0 bridgehead atoms. The number of carbonyl (C=O) groups is 1. The number of morpholine rings is 1. The Morgan fingerprint density at radius 2 is 2.14 bits per heavy atom. The molecule has 1 amide bonds. The molecule has 7 heteroatoms. The van der Waals surface area contributed by atoms with Gasteiger partial charge in [-0.2, -0.15) is 0 Å². The van der Waals surface area contributed by atoms with Gasteiger partial charge < -0.3 is 19.5 Å². The lowest BCUT2D eigenvalue weighted by Gasteiger charge is -2.32. The van der Waals surface area contributed by atoms with Crippen LogP contribution < -0.4 is 14.8 Å². The van der Waals surface area contributed by atoms with E-state index >= 15 is 0 Å². The van der Waals surface area contributed by atoms with Gasteiger partial charge in [0.1, 0.15) is 0 Å². The van der Waals surface area contributed by atoms with Gasteiger partial charge in [0, 0.05) is 31.2 Å². The summed E-state index contributed by atoms with van der Waals surface area (Å²) in [5.41, 5.74) is 0.475. The Kier molecular flexibility index (Phi) is 4.71. The van der Waals surface area contributed by atoms with Crippen molar-refractivity contribution >= 4 is 17.5 Å². The van der Waals surface area contributed by atoms with Crippen LogP contribution in [0.4, 0.5) is 0 Å². The lowest BCUT2D eigenvalue weighted by molar-refractivity contribution is 0.0204. The zero-order valence-corrected chi connectivity index (χ0v) is 13.2. The molecular weight excluding hydrogens is 308 g/mol. The van der Waals surface area contributed by atoms with Crippen LogP contribution in [0.3, 0.4) is 0 Å². The number of nitrogens with one attached hydrogen (secondary N) is 1. The maximum atomic E-state index is 12.3. The summed E-state index contributed by atoms with van der Waals surface area (Å²) in [7, 11) is 0. The Bertz CT molecular complexity index is 561. The minimum atomic E-state index is -0.166. The highest BCUT2D eigenvalue weighted by Gasteiger charge is 2.22. The molecule has 2 heterocycles. The fraction of sp³-hybridized carbons (Fsp3) is 0.533. The van der Waals surface area contributed by atoms with Gasteiger partial charge in [0.15, 0.2) is 11.5 Å². The number of carbonyl (C=O) groups excluding carboxylic acids is 1. The van der Waals surface area contributed by atoms with Gasteiger partial charge in [0.2, 0.25) is 6.79 Å². The van der Waals surface area contributed by atoms with Crippen molar-refractivity contribution in [2.45, 2.75) is 13.0 Å². The van der Waals surface area contributed by atoms with E-state index in [0.29, 0.717) is 28.6 Å². The topological polar surface area (TPSA) is 60.0 Å². The molecule has 1 aromatic rings. The summed E-state index contributed by atoms with van der Waals surface area (Å²) in [6.07, 6.45) is 0. The molecule has 120 valence electrons. The molecule has 0 spiro atoms. The summed E-state index contributed by atoms with van der Waals surface area (Å²) in [4.78, 5) is 14.6. The second kappa shape index (κ2) is 6.73. The SMILES string of the molecule is C[C@H](CNC(=O)c1cc(Cl)c2c(c1)OCO2)N1CCOCC1. The van der Waals surface area contributed by atoms with Gasteiger partial charge in [-0.15, -0.1) is 0 Å². The molecule has 0 saturated carbocycles. The van der Waals surface area contributed by atoms with Gasteiger partial charge >= 0.3 is 0 Å². The van der Waals surface area contributed by atoms with E-state index < -0.39 is 0 Å². The van der Waals surface area contributed by atoms with Crippen molar-refractivity contribution in [1.29, 1.82) is 0 Å². The molecule has 0 aromatic heterocycles. The highest BCUT2D eigenvalue weighted by Crippen LogP contribution is 2.39. The normalized spacial score (nSPS) is 19.0. The Morgan fingerprint density at radius 1 is 1.36 bits per heavy atom. The maximum Gasteiger partial charge on any atom is 0.251 e. The number of nitrogens with zero attached hydrogens (tertiary/aromatic N) is 1. The number of rotatable bonds is 4. The van der Waals surface area contributed by atoms with E-state index in [2.05, 4.69) is 17.1 Å². The van der Waals surface area contributed by atoms with Crippen molar-refractivity contribution in [1.82, 2.24) is 10.2 Å². The molecule has 1 N–H and O–H groups in total. The smallest absolute Gasteiger partial charge is 0.251 e. The van der Waals surface area contributed by atoms with Crippen molar-refractivity contribution in [3.8, 4) is 11.5 Å². The van der Waals surface area contributed by atoms with Crippen LogP contribution in [0.5, 0.6) is 11.5 Å². The summed E-state index contributed by atoms with van der Waals surface area (Å²) < 4.78 is 15.9. The van der Waals surface area contributed by atoms with E-state index in [9.17, 15) is 4.79 Å². The van der Waals surface area contributed by atoms with Crippen LogP contribution >= 0.6 is 11.6 Å². The Morgan fingerprint density at radius 3 is 2.91 bits per heavy atom. The second-order valence-corrected chi connectivity index (χ2v) is 5.81. The second-order valence-electron chi connectivity index (χ2n) is 5.40. The first kappa shape index (κ1) is 15.4. The van der Waals surface area contributed by atoms with Crippen molar-refractivity contribution in [3.05, 3.63) is 22.7 Å². The predicted octanol–water partition coefficient (Wildman–Crippen LogP) is 1.52. The van der Waals surface area contributed by atoms with Crippen LogP contribution in [0, 0.1) is 0 Å². The molecule has 0 unspecified atom stereocenters. The van der Waals surface area contributed by atoms with Gasteiger partial charge in [-0.25, -0.2) is 0 Å². The summed E-state index contributed by atoms with van der Waals surface area (Å²) in [6, 6.07) is 3.52. The molecule has 1 saturated heterocycles. The van der Waals surface area contributed by atoms with Crippen LogP contribution in [0.2, 0.25) is 5.02 Å². The number of halogens is 1. The van der Waals surface area contributed by atoms with E-state index in [1.807, 2.05) is 0 Å². The van der Waals surface area contributed by atoms with Crippen molar-refractivity contribution in [2.75, 3.05) is 39.6 Å². The van der Waals surface area contributed by atoms with Gasteiger partial charge in [0.25, 0.3) is 5.91 Å². The lowest BCUT2D eigenvalue weighted by atomic mass is 10.1. The highest BCUT2D eigenvalue weighted by molar-refractivity contribution is 6.32. The number of ether oxygens (including phenoxy) is 3. The molecular formula is C15H19ClN2O4. The van der Waals surface area contributed by atoms with Crippen molar-refractivity contribution in [2.24, 2.45) is 0 Å². The first-order valence-electron chi connectivity index (χ1n) is 7.34. The third kappa shape index (κ3) is 3.29. The predicted molar refractivity (Wildman–Crippen MR) is 81.8 cm³/mol. The van der Waals surface area contributed by atoms with E-state index in [1.165, 1.54) is 0 Å². The Labute approximate surface area is 134 Å². The summed E-state index contributed by atoms with van der Waals surface area (Å²) in [6.45, 7) is 6.09. The number of benzene rings is 1. The third-order valence-corrected chi connectivity index (χ3v) is 4.20. The summed E-state index contributed by atoms with van der Waals surface area (Å²) in [5.74, 6) is 0.846. The first-order chi connectivity index (χ1) is 10.6. The molecule has 6 nitrogen and oxygen atoms in total. The summed E-state index contributed by atoms with van der Waals surface area (Å²) in [5, 5.41) is 3.33. The van der Waals surface area contributed by atoms with Gasteiger partial charge in [0.05, 0.1) is 18.2 Å². The van der Waals surface area contributed by atoms with Gasteiger partial charge in [-0.05, 0) is 19.1 Å². The largest absolute Gasteiger partial charge is 0.454 e. The molecule has 1 aromatic carbocycles. The van der Waals surface area contributed by atoms with E-state index in [0.717, 1.165) is 26.3 Å². The average Bonchev–Trinajstić information content (AvgIpc) is 3.02. The Hall–Kier alpha value is -1.50. The average molecular weight is 327 g/mol. The monoisotopic (exact) mass is 326 g/mol. The molecule has 1 atom stereocenters. The quantitative estimate of drug-likeness (QED) is 0.909. The zero-order chi connectivity index (χ0) is 15.5. The summed E-state index contributed by atoms with van der Waals surface area (Å²) >= 11 is 6.10. The molecule has 22 heavy (non-hydrogen) atoms. The molecule has 2 aliphatic heterocycles. The third-order valence-electron chi connectivity index (χ3n) is 3.92. The fourth-order valence-corrected chi connectivity index (χ4v) is 2.85. The van der Waals surface area contributed by atoms with Crippen molar-refractivity contribution < 1.29 is 19.0 Å². The van der Waals surface area contributed by atoms with E-state index in [1.54, 1.807) is 12.1 Å². The number of fused-ring (bicyclic) bond motifs is 1. The van der Waals surface area contributed by atoms with E-state index in [-0.39, 0.29) is 18.7 Å². The van der Waals surface area contributed by atoms with Crippen molar-refractivity contribution in [3.63, 3.8) is 0 Å². The minimum absolute atomic E-state index is 0.133. The van der Waals surface area contributed by atoms with Crippen LogP contribution in [-0.2, 0) is 4.74 Å². The zero-order valence-electron chi connectivity index (χ0n) is 12.4. The fourth-order valence-electron chi connectivity index (χ4n) is 2.59. The number of hydrogen-bond acceptors (Lipinski definition) is 5. The van der Waals surface area contributed by atoms with Crippen LogP contribution in [0.1, 0.15) is 17.3 Å². The number of amides is 1.